The zero-order chi connectivity index (χ0) is 16.1. The first kappa shape index (κ1) is 15.9. The van der Waals surface area contributed by atoms with E-state index in [0.717, 1.165) is 38.8 Å². The van der Waals surface area contributed by atoms with Crippen molar-refractivity contribution < 1.29 is 9.50 Å². The van der Waals surface area contributed by atoms with Crippen molar-refractivity contribution in [2.45, 2.75) is 31.8 Å². The molecule has 23 heavy (non-hydrogen) atoms. The number of piperidine rings is 1. The van der Waals surface area contributed by atoms with Gasteiger partial charge in [-0.1, -0.05) is 30.3 Å². The van der Waals surface area contributed by atoms with Gasteiger partial charge in [0.1, 0.15) is 0 Å². The second-order valence-electron chi connectivity index (χ2n) is 6.24. The summed E-state index contributed by atoms with van der Waals surface area (Å²) < 4.78 is 13.8. The molecule has 1 fully saturated rings. The van der Waals surface area contributed by atoms with Crippen molar-refractivity contribution in [1.82, 2.24) is 4.98 Å². The number of pyridine rings is 1. The highest BCUT2D eigenvalue weighted by Gasteiger charge is 2.26. The van der Waals surface area contributed by atoms with E-state index < -0.39 is 0 Å². The number of rotatable bonds is 5. The van der Waals surface area contributed by atoms with Crippen LogP contribution in [0.1, 0.15) is 24.8 Å². The smallest absolute Gasteiger partial charge is 0.164 e. The summed E-state index contributed by atoms with van der Waals surface area (Å²) in [4.78, 5) is 5.85. The minimum Gasteiger partial charge on any atom is -0.393 e. The molecule has 3 rings (SSSR count). The van der Waals surface area contributed by atoms with Gasteiger partial charge in [0.15, 0.2) is 5.82 Å². The van der Waals surface area contributed by atoms with Gasteiger partial charge in [-0.25, -0.2) is 4.39 Å². The fourth-order valence-electron chi connectivity index (χ4n) is 3.34. The predicted molar refractivity (Wildman–Crippen MR) is 89.9 cm³/mol. The molecule has 0 radical (unpaired) electrons. The van der Waals surface area contributed by atoms with Gasteiger partial charge >= 0.3 is 0 Å². The Morgan fingerprint density at radius 3 is 2.61 bits per heavy atom. The molecule has 1 aromatic heterocycles. The molecule has 0 aliphatic carbocycles. The lowest BCUT2D eigenvalue weighted by molar-refractivity contribution is 0.0850. The Balaban J connectivity index is 1.49. The molecule has 2 heterocycles. The number of benzene rings is 1. The van der Waals surface area contributed by atoms with Crippen LogP contribution in [-0.2, 0) is 6.42 Å². The average molecular weight is 314 g/mol. The maximum Gasteiger partial charge on any atom is 0.164 e. The summed E-state index contributed by atoms with van der Waals surface area (Å²) in [7, 11) is 0. The van der Waals surface area contributed by atoms with Gasteiger partial charge in [-0.2, -0.15) is 0 Å². The first-order chi connectivity index (χ1) is 11.2. The van der Waals surface area contributed by atoms with Gasteiger partial charge in [-0.15, -0.1) is 0 Å². The van der Waals surface area contributed by atoms with Gasteiger partial charge in [0.2, 0.25) is 0 Å². The number of anilines is 1. The van der Waals surface area contributed by atoms with Crippen LogP contribution in [-0.4, -0.2) is 29.3 Å². The van der Waals surface area contributed by atoms with Gasteiger partial charge < -0.3 is 10.0 Å². The van der Waals surface area contributed by atoms with E-state index in [2.05, 4.69) is 22.0 Å². The van der Waals surface area contributed by atoms with E-state index in [-0.39, 0.29) is 11.9 Å². The molecule has 1 aromatic carbocycles. The van der Waals surface area contributed by atoms with Crippen molar-refractivity contribution in [2.75, 3.05) is 18.0 Å². The number of aliphatic hydroxyl groups excluding tert-OH is 1. The standard InChI is InChI=1S/C19H23FN2O/c20-17-14-21-11-8-18(17)22-12-9-16(10-13-22)19(23)7-6-15-4-2-1-3-5-15/h1-5,8,11,14,16,19,23H,6-7,9-10,12-13H2/t19-/m0/s1. The van der Waals surface area contributed by atoms with E-state index in [1.807, 2.05) is 18.2 Å². The van der Waals surface area contributed by atoms with Crippen molar-refractivity contribution in [3.8, 4) is 0 Å². The maximum absolute atomic E-state index is 13.8. The number of nitrogens with zero attached hydrogens (tertiary/aromatic N) is 2. The first-order valence-electron chi connectivity index (χ1n) is 8.30. The lowest BCUT2D eigenvalue weighted by atomic mass is 9.88. The number of aliphatic hydroxyl groups is 1. The van der Waals surface area contributed by atoms with Crippen molar-refractivity contribution in [1.29, 1.82) is 0 Å². The quantitative estimate of drug-likeness (QED) is 0.918. The van der Waals surface area contributed by atoms with E-state index in [0.29, 0.717) is 11.6 Å². The second-order valence-corrected chi connectivity index (χ2v) is 6.24. The fraction of sp³-hybridized carbons (Fsp3) is 0.421. The lowest BCUT2D eigenvalue weighted by Crippen LogP contribution is -2.38. The topological polar surface area (TPSA) is 36.4 Å². The molecule has 0 spiro atoms. The number of halogens is 1. The van der Waals surface area contributed by atoms with Crippen LogP contribution in [0.3, 0.4) is 0 Å². The molecular weight excluding hydrogens is 291 g/mol. The summed E-state index contributed by atoms with van der Waals surface area (Å²) >= 11 is 0. The third-order valence-electron chi connectivity index (χ3n) is 4.75. The number of aromatic nitrogens is 1. The van der Waals surface area contributed by atoms with E-state index in [1.165, 1.54) is 11.8 Å². The zero-order valence-electron chi connectivity index (χ0n) is 13.2. The van der Waals surface area contributed by atoms with Crippen LogP contribution in [0.15, 0.2) is 48.8 Å². The van der Waals surface area contributed by atoms with Crippen LogP contribution in [0.2, 0.25) is 0 Å². The molecule has 2 aromatic rings. The minimum absolute atomic E-state index is 0.268. The molecule has 0 bridgehead atoms. The highest BCUT2D eigenvalue weighted by Crippen LogP contribution is 2.28. The molecule has 0 amide bonds. The Labute approximate surface area is 136 Å². The first-order valence-corrected chi connectivity index (χ1v) is 8.30. The molecule has 3 nitrogen and oxygen atoms in total. The van der Waals surface area contributed by atoms with E-state index in [1.54, 1.807) is 12.3 Å². The summed E-state index contributed by atoms with van der Waals surface area (Å²) in [5.74, 6) is 0.0374. The lowest BCUT2D eigenvalue weighted by Gasteiger charge is -2.35. The fourth-order valence-corrected chi connectivity index (χ4v) is 3.34. The van der Waals surface area contributed by atoms with Crippen LogP contribution in [0.4, 0.5) is 10.1 Å². The van der Waals surface area contributed by atoms with Crippen molar-refractivity contribution in [3.63, 3.8) is 0 Å². The van der Waals surface area contributed by atoms with Crippen LogP contribution in [0.25, 0.3) is 0 Å². The molecule has 1 saturated heterocycles. The third-order valence-corrected chi connectivity index (χ3v) is 4.75. The van der Waals surface area contributed by atoms with Crippen LogP contribution >= 0.6 is 0 Å². The normalized spacial score (nSPS) is 17.2. The molecule has 0 unspecified atom stereocenters. The van der Waals surface area contributed by atoms with Crippen LogP contribution < -0.4 is 4.90 Å². The maximum atomic E-state index is 13.8. The van der Waals surface area contributed by atoms with Crippen molar-refractivity contribution in [3.05, 3.63) is 60.2 Å². The zero-order valence-corrected chi connectivity index (χ0v) is 13.2. The Bertz CT molecular complexity index is 612. The Morgan fingerprint density at radius 2 is 1.91 bits per heavy atom. The Hall–Kier alpha value is -1.94. The number of hydrogen-bond acceptors (Lipinski definition) is 3. The van der Waals surface area contributed by atoms with Crippen molar-refractivity contribution >= 4 is 5.69 Å². The molecule has 4 heteroatoms. The summed E-state index contributed by atoms with van der Waals surface area (Å²) in [5, 5.41) is 10.4. The summed E-state index contributed by atoms with van der Waals surface area (Å²) in [6, 6.07) is 12.0. The second kappa shape index (κ2) is 7.55. The number of hydrogen-bond donors (Lipinski definition) is 1. The minimum atomic E-state index is -0.278. The largest absolute Gasteiger partial charge is 0.393 e. The Morgan fingerprint density at radius 1 is 1.17 bits per heavy atom. The average Bonchev–Trinajstić information content (AvgIpc) is 2.61. The third kappa shape index (κ3) is 4.08. The van der Waals surface area contributed by atoms with Gasteiger partial charge in [0.25, 0.3) is 0 Å². The molecule has 0 saturated carbocycles. The van der Waals surface area contributed by atoms with Crippen LogP contribution in [0.5, 0.6) is 0 Å². The predicted octanol–water partition coefficient (Wildman–Crippen LogP) is 3.43. The van der Waals surface area contributed by atoms with Gasteiger partial charge in [-0.05, 0) is 43.2 Å². The van der Waals surface area contributed by atoms with E-state index in [4.69, 9.17) is 0 Å². The Kier molecular flexibility index (Phi) is 5.23. The SMILES string of the molecule is O[C@@H](CCc1ccccc1)C1CCN(c2ccncc2F)CC1. The summed E-state index contributed by atoms with van der Waals surface area (Å²) in [6.07, 6.45) is 6.10. The summed E-state index contributed by atoms with van der Waals surface area (Å²) in [6.45, 7) is 1.57. The van der Waals surface area contributed by atoms with Crippen molar-refractivity contribution in [2.24, 2.45) is 5.92 Å². The van der Waals surface area contributed by atoms with E-state index in [9.17, 15) is 9.50 Å². The molecule has 1 atom stereocenters. The van der Waals surface area contributed by atoms with Gasteiger partial charge in [0, 0.05) is 19.3 Å². The molecule has 1 aliphatic rings. The van der Waals surface area contributed by atoms with E-state index >= 15 is 0 Å². The number of aryl methyl sites for hydroxylation is 1. The van der Waals surface area contributed by atoms with Gasteiger partial charge in [0.05, 0.1) is 18.0 Å². The molecule has 1 aliphatic heterocycles. The summed E-state index contributed by atoms with van der Waals surface area (Å²) in [5.41, 5.74) is 1.89. The highest BCUT2D eigenvalue weighted by atomic mass is 19.1. The molecule has 122 valence electrons. The molecule has 1 N–H and O–H groups in total. The highest BCUT2D eigenvalue weighted by molar-refractivity contribution is 5.46. The molecular formula is C19H23FN2O. The van der Waals surface area contributed by atoms with Gasteiger partial charge in [-0.3, -0.25) is 4.98 Å². The monoisotopic (exact) mass is 314 g/mol. The van der Waals surface area contributed by atoms with Crippen LogP contribution in [0, 0.1) is 11.7 Å².